The number of halogens is 2. The fraction of sp³-hybridized carbons (Fsp3) is 0.500. The highest BCUT2D eigenvalue weighted by Crippen LogP contribution is 2.21. The average Bonchev–Trinajstić information content (AvgIpc) is 2.76. The summed E-state index contributed by atoms with van der Waals surface area (Å²) in [7, 11) is 0. The Kier molecular flexibility index (Phi) is 3.95. The van der Waals surface area contributed by atoms with Gasteiger partial charge in [-0.3, -0.25) is 0 Å². The molecular weight excluding hydrogens is 273 g/mol. The lowest BCUT2D eigenvalue weighted by molar-refractivity contribution is 0.180. The Bertz CT molecular complexity index is 366. The topological polar surface area (TPSA) is 35.2 Å². The lowest BCUT2D eigenvalue weighted by Gasteiger charge is -2.17. The van der Waals surface area contributed by atoms with Gasteiger partial charge in [-0.15, -0.1) is 0 Å². The van der Waals surface area contributed by atoms with Crippen LogP contribution in [0.15, 0.2) is 22.7 Å². The second kappa shape index (κ2) is 5.25. The minimum absolute atomic E-state index is 0.0219. The number of nitrogens with two attached hydrogens (primary N) is 1. The molecule has 0 aliphatic carbocycles. The van der Waals surface area contributed by atoms with E-state index in [2.05, 4.69) is 15.9 Å². The van der Waals surface area contributed by atoms with E-state index >= 15 is 0 Å². The van der Waals surface area contributed by atoms with E-state index < -0.39 is 0 Å². The molecule has 1 aromatic rings. The summed E-state index contributed by atoms with van der Waals surface area (Å²) in [5.74, 6) is 0.177. The van der Waals surface area contributed by atoms with Crippen LogP contribution in [0.5, 0.6) is 0 Å². The Morgan fingerprint density at radius 2 is 2.38 bits per heavy atom. The molecule has 2 nitrogen and oxygen atoms in total. The summed E-state index contributed by atoms with van der Waals surface area (Å²) in [6.45, 7) is 1.48. The van der Waals surface area contributed by atoms with Crippen LogP contribution in [0.4, 0.5) is 4.39 Å². The Labute approximate surface area is 103 Å². The van der Waals surface area contributed by atoms with E-state index in [0.717, 1.165) is 17.5 Å². The van der Waals surface area contributed by atoms with Crippen LogP contribution in [0.25, 0.3) is 0 Å². The third kappa shape index (κ3) is 2.81. The van der Waals surface area contributed by atoms with E-state index in [1.807, 2.05) is 0 Å². The third-order valence-corrected chi connectivity index (χ3v) is 3.53. The molecule has 1 heterocycles. The molecule has 0 spiro atoms. The van der Waals surface area contributed by atoms with Crippen molar-refractivity contribution in [2.45, 2.75) is 18.9 Å². The molecule has 1 aliphatic rings. The Hall–Kier alpha value is -0.450. The normalized spacial score (nSPS) is 22.3. The van der Waals surface area contributed by atoms with Crippen LogP contribution in [0.3, 0.4) is 0 Å². The molecule has 0 bridgehead atoms. The number of hydrogen-bond donors (Lipinski definition) is 1. The average molecular weight is 288 g/mol. The van der Waals surface area contributed by atoms with Gasteiger partial charge in [-0.2, -0.15) is 0 Å². The monoisotopic (exact) mass is 287 g/mol. The maximum absolute atomic E-state index is 13.5. The number of ether oxygens (including phenoxy) is 1. The summed E-state index contributed by atoms with van der Waals surface area (Å²) in [5, 5.41) is 0. The minimum Gasteiger partial charge on any atom is -0.381 e. The molecule has 16 heavy (non-hydrogen) atoms. The van der Waals surface area contributed by atoms with Crippen molar-refractivity contribution in [3.8, 4) is 0 Å². The molecule has 0 saturated carbocycles. The van der Waals surface area contributed by atoms with Crippen LogP contribution >= 0.6 is 15.9 Å². The van der Waals surface area contributed by atoms with E-state index in [1.165, 1.54) is 6.07 Å². The predicted octanol–water partition coefficient (Wildman–Crippen LogP) is 2.49. The molecular formula is C12H15BrFNO. The van der Waals surface area contributed by atoms with Crippen molar-refractivity contribution in [2.75, 3.05) is 13.2 Å². The van der Waals surface area contributed by atoms with Gasteiger partial charge in [0.15, 0.2) is 0 Å². The number of rotatable bonds is 3. The van der Waals surface area contributed by atoms with Crippen LogP contribution in [0.2, 0.25) is 0 Å². The molecule has 1 aromatic carbocycles. The molecule has 0 amide bonds. The molecule has 2 unspecified atom stereocenters. The van der Waals surface area contributed by atoms with E-state index in [9.17, 15) is 4.39 Å². The van der Waals surface area contributed by atoms with Crippen molar-refractivity contribution in [3.05, 3.63) is 34.1 Å². The van der Waals surface area contributed by atoms with Crippen molar-refractivity contribution in [1.29, 1.82) is 0 Å². The molecule has 1 fully saturated rings. The SMILES string of the molecule is NC(Cc1cc(Br)ccc1F)C1CCOC1. The van der Waals surface area contributed by atoms with Gasteiger partial charge < -0.3 is 10.5 Å². The second-order valence-corrected chi connectivity index (χ2v) is 5.14. The molecule has 4 heteroatoms. The van der Waals surface area contributed by atoms with Crippen molar-refractivity contribution in [3.63, 3.8) is 0 Å². The summed E-state index contributed by atoms with van der Waals surface area (Å²) in [4.78, 5) is 0. The lowest BCUT2D eigenvalue weighted by Crippen LogP contribution is -2.32. The number of benzene rings is 1. The van der Waals surface area contributed by atoms with Crippen molar-refractivity contribution < 1.29 is 9.13 Å². The van der Waals surface area contributed by atoms with Gasteiger partial charge in [0.2, 0.25) is 0 Å². The highest BCUT2D eigenvalue weighted by atomic mass is 79.9. The van der Waals surface area contributed by atoms with E-state index in [4.69, 9.17) is 10.5 Å². The van der Waals surface area contributed by atoms with Crippen LogP contribution in [0.1, 0.15) is 12.0 Å². The van der Waals surface area contributed by atoms with E-state index in [-0.39, 0.29) is 11.9 Å². The summed E-state index contributed by atoms with van der Waals surface area (Å²) in [5.41, 5.74) is 6.74. The first-order chi connectivity index (χ1) is 7.66. The van der Waals surface area contributed by atoms with Gasteiger partial charge in [-0.05, 0) is 42.5 Å². The summed E-state index contributed by atoms with van der Waals surface area (Å²) in [6.07, 6.45) is 1.55. The smallest absolute Gasteiger partial charge is 0.126 e. The van der Waals surface area contributed by atoms with Crippen LogP contribution in [-0.4, -0.2) is 19.3 Å². The van der Waals surface area contributed by atoms with Gasteiger partial charge in [0.05, 0.1) is 6.61 Å². The summed E-state index contributed by atoms with van der Waals surface area (Å²) in [6, 6.07) is 4.94. The van der Waals surface area contributed by atoms with E-state index in [0.29, 0.717) is 24.5 Å². The zero-order valence-corrected chi connectivity index (χ0v) is 10.5. The third-order valence-electron chi connectivity index (χ3n) is 3.03. The first-order valence-electron chi connectivity index (χ1n) is 5.44. The molecule has 2 N–H and O–H groups in total. The highest BCUT2D eigenvalue weighted by molar-refractivity contribution is 9.10. The zero-order valence-electron chi connectivity index (χ0n) is 8.96. The van der Waals surface area contributed by atoms with Crippen molar-refractivity contribution in [1.82, 2.24) is 0 Å². The first kappa shape index (κ1) is 12.0. The predicted molar refractivity (Wildman–Crippen MR) is 64.7 cm³/mol. The van der Waals surface area contributed by atoms with Gasteiger partial charge in [0.25, 0.3) is 0 Å². The van der Waals surface area contributed by atoms with Crippen LogP contribution in [-0.2, 0) is 11.2 Å². The largest absolute Gasteiger partial charge is 0.381 e. The molecule has 0 radical (unpaired) electrons. The standard InChI is InChI=1S/C12H15BrFNO/c13-10-1-2-11(14)9(5-10)6-12(15)8-3-4-16-7-8/h1-2,5,8,12H,3-4,6-7,15H2. The fourth-order valence-electron chi connectivity index (χ4n) is 2.01. The minimum atomic E-state index is -0.183. The zero-order chi connectivity index (χ0) is 11.5. The summed E-state index contributed by atoms with van der Waals surface area (Å²) >= 11 is 3.34. The fourth-order valence-corrected chi connectivity index (χ4v) is 2.42. The van der Waals surface area contributed by atoms with Gasteiger partial charge in [0.1, 0.15) is 5.82 Å². The molecule has 0 aromatic heterocycles. The Morgan fingerprint density at radius 3 is 3.06 bits per heavy atom. The highest BCUT2D eigenvalue weighted by Gasteiger charge is 2.23. The van der Waals surface area contributed by atoms with Crippen LogP contribution in [0, 0.1) is 11.7 Å². The quantitative estimate of drug-likeness (QED) is 0.927. The van der Waals surface area contributed by atoms with Gasteiger partial charge in [-0.25, -0.2) is 4.39 Å². The van der Waals surface area contributed by atoms with Crippen molar-refractivity contribution in [2.24, 2.45) is 11.7 Å². The molecule has 2 atom stereocenters. The first-order valence-corrected chi connectivity index (χ1v) is 6.23. The molecule has 2 rings (SSSR count). The van der Waals surface area contributed by atoms with Crippen LogP contribution < -0.4 is 5.73 Å². The van der Waals surface area contributed by atoms with Gasteiger partial charge in [0, 0.05) is 17.1 Å². The van der Waals surface area contributed by atoms with E-state index in [1.54, 1.807) is 12.1 Å². The summed E-state index contributed by atoms with van der Waals surface area (Å²) < 4.78 is 19.7. The van der Waals surface area contributed by atoms with Gasteiger partial charge >= 0.3 is 0 Å². The lowest BCUT2D eigenvalue weighted by atomic mass is 9.93. The Morgan fingerprint density at radius 1 is 1.56 bits per heavy atom. The maximum Gasteiger partial charge on any atom is 0.126 e. The Balaban J connectivity index is 2.04. The van der Waals surface area contributed by atoms with Crippen molar-refractivity contribution >= 4 is 15.9 Å². The second-order valence-electron chi connectivity index (χ2n) is 4.23. The van der Waals surface area contributed by atoms with Gasteiger partial charge in [-0.1, -0.05) is 15.9 Å². The maximum atomic E-state index is 13.5. The molecule has 1 saturated heterocycles. The molecule has 1 aliphatic heterocycles. The molecule has 88 valence electrons. The number of hydrogen-bond acceptors (Lipinski definition) is 2.